The van der Waals surface area contributed by atoms with Gasteiger partial charge >= 0.3 is 5.97 Å². The highest BCUT2D eigenvalue weighted by molar-refractivity contribution is 7.19. The number of nitrogen functional groups attached to an aromatic ring is 1. The van der Waals surface area contributed by atoms with E-state index >= 15 is 0 Å². The van der Waals surface area contributed by atoms with Gasteiger partial charge in [0.05, 0.1) is 11.8 Å². The van der Waals surface area contributed by atoms with Crippen molar-refractivity contribution in [1.29, 1.82) is 0 Å². The number of benzene rings is 1. The third-order valence-corrected chi connectivity index (χ3v) is 6.41. The summed E-state index contributed by atoms with van der Waals surface area (Å²) in [6, 6.07) is 6.58. The molecule has 4 rings (SSSR count). The Morgan fingerprint density at radius 1 is 1.10 bits per heavy atom. The first-order chi connectivity index (χ1) is 14.0. The van der Waals surface area contributed by atoms with Crippen LogP contribution in [0.25, 0.3) is 10.2 Å². The van der Waals surface area contributed by atoms with Crippen LogP contribution in [0.1, 0.15) is 52.3 Å². The minimum atomic E-state index is -0.472. The smallest absolute Gasteiger partial charge is 0.306 e. The zero-order valence-electron chi connectivity index (χ0n) is 15.7. The molecular weight excluding hydrogens is 410 g/mol. The van der Waals surface area contributed by atoms with E-state index in [1.807, 2.05) is 0 Å². The molecule has 8 heteroatoms. The Kier molecular flexibility index (Phi) is 5.78. The summed E-state index contributed by atoms with van der Waals surface area (Å²) in [7, 11) is 0. The summed E-state index contributed by atoms with van der Waals surface area (Å²) >= 11 is 7.46. The van der Waals surface area contributed by atoms with Crippen LogP contribution < -0.4 is 5.73 Å². The summed E-state index contributed by atoms with van der Waals surface area (Å²) in [5, 5.41) is 1.51. The monoisotopic (exact) mass is 429 g/mol. The number of ether oxygens (including phenoxy) is 1. The number of Topliss-reactive ketones (excluding diaryl/α,β-unsaturated/α-hetero) is 1. The van der Waals surface area contributed by atoms with Crippen molar-refractivity contribution in [1.82, 2.24) is 9.97 Å². The van der Waals surface area contributed by atoms with Crippen molar-refractivity contribution in [2.75, 3.05) is 5.73 Å². The Labute approximate surface area is 177 Å². The fourth-order valence-corrected chi connectivity index (χ4v) is 4.92. The number of fused-ring (bicyclic) bond motifs is 3. The van der Waals surface area contributed by atoms with Gasteiger partial charge in [0.25, 0.3) is 0 Å². The molecular formula is C21H20ClN3O3S. The lowest BCUT2D eigenvalue weighted by atomic mass is 9.97. The first-order valence-electron chi connectivity index (χ1n) is 9.52. The van der Waals surface area contributed by atoms with Gasteiger partial charge in [0.2, 0.25) is 0 Å². The molecule has 2 N–H and O–H groups in total. The number of aromatic nitrogens is 2. The van der Waals surface area contributed by atoms with Gasteiger partial charge in [0, 0.05) is 21.9 Å². The Bertz CT molecular complexity index is 1080. The zero-order chi connectivity index (χ0) is 20.4. The zero-order valence-corrected chi connectivity index (χ0v) is 17.3. The van der Waals surface area contributed by atoms with E-state index in [9.17, 15) is 9.59 Å². The number of anilines is 1. The topological polar surface area (TPSA) is 95.2 Å². The largest absolute Gasteiger partial charge is 0.457 e. The molecule has 0 atom stereocenters. The second-order valence-corrected chi connectivity index (χ2v) is 8.53. The molecule has 2 heterocycles. The average Bonchev–Trinajstić information content (AvgIpc) is 3.10. The standard InChI is InChI=1S/C21H20ClN3O3S/c22-13-7-5-12(6-8-13)15(26)9-10-18(27)28-11-17-24-20(23)19-14-3-1-2-4-16(14)29-21(19)25-17/h5-8H,1-4,9-11H2,(H2,23,24,25). The van der Waals surface area contributed by atoms with E-state index in [1.165, 1.54) is 16.9 Å². The minimum Gasteiger partial charge on any atom is -0.457 e. The molecule has 0 saturated heterocycles. The molecule has 6 nitrogen and oxygen atoms in total. The van der Waals surface area contributed by atoms with Crippen LogP contribution in [0.2, 0.25) is 5.02 Å². The van der Waals surface area contributed by atoms with Crippen LogP contribution in [-0.2, 0) is 29.0 Å². The number of halogens is 1. The van der Waals surface area contributed by atoms with Crippen LogP contribution in [0.3, 0.4) is 0 Å². The predicted octanol–water partition coefficient (Wildman–Crippen LogP) is 4.51. The first-order valence-corrected chi connectivity index (χ1v) is 10.7. The van der Waals surface area contributed by atoms with Gasteiger partial charge in [-0.05, 0) is 55.5 Å². The summed E-state index contributed by atoms with van der Waals surface area (Å²) in [4.78, 5) is 35.2. The number of ketones is 1. The number of hydrogen-bond acceptors (Lipinski definition) is 7. The number of nitrogens with zero attached hydrogens (tertiary/aromatic N) is 2. The second kappa shape index (κ2) is 8.47. The van der Waals surface area contributed by atoms with Crippen LogP contribution >= 0.6 is 22.9 Å². The molecule has 0 fully saturated rings. The molecule has 2 aromatic heterocycles. The van der Waals surface area contributed by atoms with Crippen LogP contribution in [0, 0.1) is 0 Å². The maximum absolute atomic E-state index is 12.1. The molecule has 150 valence electrons. The number of nitrogens with two attached hydrogens (primary N) is 1. The van der Waals surface area contributed by atoms with E-state index in [1.54, 1.807) is 35.6 Å². The molecule has 3 aromatic rings. The van der Waals surface area contributed by atoms with Crippen LogP contribution in [-0.4, -0.2) is 21.7 Å². The highest BCUT2D eigenvalue weighted by Crippen LogP contribution is 2.37. The van der Waals surface area contributed by atoms with Crippen molar-refractivity contribution in [2.24, 2.45) is 0 Å². The minimum absolute atomic E-state index is 0.00746. The van der Waals surface area contributed by atoms with E-state index in [-0.39, 0.29) is 25.2 Å². The predicted molar refractivity (Wildman–Crippen MR) is 113 cm³/mol. The number of carbonyl (C=O) groups is 2. The normalized spacial score (nSPS) is 13.3. The lowest BCUT2D eigenvalue weighted by Gasteiger charge is -2.10. The third kappa shape index (κ3) is 4.41. The van der Waals surface area contributed by atoms with Crippen molar-refractivity contribution in [3.63, 3.8) is 0 Å². The van der Waals surface area contributed by atoms with E-state index in [0.717, 1.165) is 29.5 Å². The van der Waals surface area contributed by atoms with Crippen LogP contribution in [0.4, 0.5) is 5.82 Å². The van der Waals surface area contributed by atoms with Crippen molar-refractivity contribution in [2.45, 2.75) is 45.1 Å². The molecule has 0 amide bonds. The molecule has 1 aliphatic rings. The maximum atomic E-state index is 12.1. The lowest BCUT2D eigenvalue weighted by Crippen LogP contribution is -2.10. The van der Waals surface area contributed by atoms with Gasteiger partial charge < -0.3 is 10.5 Å². The summed E-state index contributed by atoms with van der Waals surface area (Å²) in [6.45, 7) is -0.0589. The van der Waals surface area contributed by atoms with E-state index < -0.39 is 5.97 Å². The van der Waals surface area contributed by atoms with Crippen molar-refractivity contribution in [3.05, 3.63) is 51.1 Å². The number of aryl methyl sites for hydroxylation is 2. The summed E-state index contributed by atoms with van der Waals surface area (Å²) in [5.74, 6) is 0.217. The average molecular weight is 430 g/mol. The molecule has 0 aliphatic heterocycles. The van der Waals surface area contributed by atoms with Gasteiger partial charge in [-0.25, -0.2) is 9.97 Å². The SMILES string of the molecule is Nc1nc(COC(=O)CCC(=O)c2ccc(Cl)cc2)nc2sc3c(c12)CCCC3. The molecule has 0 unspecified atom stereocenters. The Morgan fingerprint density at radius 2 is 1.86 bits per heavy atom. The van der Waals surface area contributed by atoms with Crippen LogP contribution in [0.5, 0.6) is 0 Å². The number of hydrogen-bond donors (Lipinski definition) is 1. The quantitative estimate of drug-likeness (QED) is 0.457. The molecule has 29 heavy (non-hydrogen) atoms. The third-order valence-electron chi connectivity index (χ3n) is 4.97. The van der Waals surface area contributed by atoms with Crippen molar-refractivity contribution < 1.29 is 14.3 Å². The Balaban J connectivity index is 1.36. The Morgan fingerprint density at radius 3 is 2.66 bits per heavy atom. The van der Waals surface area contributed by atoms with Gasteiger partial charge in [-0.3, -0.25) is 9.59 Å². The maximum Gasteiger partial charge on any atom is 0.306 e. The van der Waals surface area contributed by atoms with Gasteiger partial charge in [0.15, 0.2) is 18.2 Å². The second-order valence-electron chi connectivity index (χ2n) is 7.01. The molecule has 0 spiro atoms. The van der Waals surface area contributed by atoms with Gasteiger partial charge in [0.1, 0.15) is 10.6 Å². The lowest BCUT2D eigenvalue weighted by molar-refractivity contribution is -0.145. The number of carbonyl (C=O) groups excluding carboxylic acids is 2. The number of rotatable bonds is 6. The summed E-state index contributed by atoms with van der Waals surface area (Å²) in [6.07, 6.45) is 4.48. The highest BCUT2D eigenvalue weighted by atomic mass is 35.5. The van der Waals surface area contributed by atoms with Crippen molar-refractivity contribution in [3.8, 4) is 0 Å². The van der Waals surface area contributed by atoms with E-state index in [0.29, 0.717) is 22.2 Å². The fraction of sp³-hybridized carbons (Fsp3) is 0.333. The van der Waals surface area contributed by atoms with Crippen molar-refractivity contribution >= 4 is 50.7 Å². The molecule has 0 radical (unpaired) electrons. The summed E-state index contributed by atoms with van der Waals surface area (Å²) < 4.78 is 5.25. The fourth-order valence-electron chi connectivity index (χ4n) is 3.51. The number of thiophene rings is 1. The Hall–Kier alpha value is -2.51. The molecule has 0 saturated carbocycles. The molecule has 1 aromatic carbocycles. The van der Waals surface area contributed by atoms with Gasteiger partial charge in [-0.2, -0.15) is 0 Å². The van der Waals surface area contributed by atoms with E-state index in [4.69, 9.17) is 22.1 Å². The highest BCUT2D eigenvalue weighted by Gasteiger charge is 2.20. The van der Waals surface area contributed by atoms with E-state index in [2.05, 4.69) is 9.97 Å². The molecule has 1 aliphatic carbocycles. The summed E-state index contributed by atoms with van der Waals surface area (Å²) in [5.41, 5.74) is 7.96. The van der Waals surface area contributed by atoms with Crippen LogP contribution in [0.15, 0.2) is 24.3 Å². The van der Waals surface area contributed by atoms with Gasteiger partial charge in [-0.15, -0.1) is 11.3 Å². The van der Waals surface area contributed by atoms with Gasteiger partial charge in [-0.1, -0.05) is 11.6 Å². The first kappa shape index (κ1) is 19.8. The number of esters is 1. The molecule has 0 bridgehead atoms.